The molecule has 0 radical (unpaired) electrons. The quantitative estimate of drug-likeness (QED) is 0.732. The summed E-state index contributed by atoms with van der Waals surface area (Å²) in [7, 11) is 0. The van der Waals surface area contributed by atoms with E-state index in [4.69, 9.17) is 20.9 Å². The lowest BCUT2D eigenvalue weighted by Crippen LogP contribution is -2.50. The Morgan fingerprint density at radius 3 is 1.74 bits per heavy atom. The van der Waals surface area contributed by atoms with Gasteiger partial charge in [0.15, 0.2) is 0 Å². The monoisotopic (exact) mass is 274 g/mol. The minimum atomic E-state index is -1.05. The predicted octanol–water partition coefficient (Wildman–Crippen LogP) is 0.715. The number of carbonyl (C=O) groups excluding carboxylic acids is 2. The van der Waals surface area contributed by atoms with Crippen LogP contribution in [0.4, 0.5) is 0 Å². The molecule has 0 saturated heterocycles. The molecule has 0 spiro atoms. The molecule has 0 rings (SSSR count). The largest absolute Gasteiger partial charge is 0.460 e. The molecule has 0 saturated carbocycles. The lowest BCUT2D eigenvalue weighted by Gasteiger charge is -2.25. The Kier molecular flexibility index (Phi) is 5.96. The van der Waals surface area contributed by atoms with Crippen molar-refractivity contribution in [3.05, 3.63) is 0 Å². The molecular formula is C13H26N2O4. The van der Waals surface area contributed by atoms with Crippen molar-refractivity contribution in [3.8, 4) is 0 Å². The molecule has 0 heterocycles. The zero-order chi connectivity index (χ0) is 15.4. The maximum Gasteiger partial charge on any atom is 0.325 e. The van der Waals surface area contributed by atoms with Gasteiger partial charge in [0.25, 0.3) is 0 Å². The van der Waals surface area contributed by atoms with E-state index in [1.54, 1.807) is 41.5 Å². The van der Waals surface area contributed by atoms with Crippen LogP contribution in [0.3, 0.4) is 0 Å². The number of esters is 2. The molecule has 0 aromatic carbocycles. The second-order valence-electron chi connectivity index (χ2n) is 6.51. The molecule has 6 heteroatoms. The molecule has 0 aromatic heterocycles. The first-order valence-electron chi connectivity index (χ1n) is 6.28. The van der Waals surface area contributed by atoms with Crippen LogP contribution < -0.4 is 11.5 Å². The van der Waals surface area contributed by atoms with Crippen molar-refractivity contribution in [2.75, 3.05) is 0 Å². The Hall–Kier alpha value is -1.14. The van der Waals surface area contributed by atoms with Crippen molar-refractivity contribution in [2.45, 2.75) is 71.2 Å². The fourth-order valence-electron chi connectivity index (χ4n) is 1.25. The number of hydrogen-bond donors (Lipinski definition) is 2. The summed E-state index contributed by atoms with van der Waals surface area (Å²) in [5, 5.41) is 0. The highest BCUT2D eigenvalue weighted by Crippen LogP contribution is 2.12. The van der Waals surface area contributed by atoms with Crippen molar-refractivity contribution < 1.29 is 19.1 Å². The van der Waals surface area contributed by atoms with E-state index in [9.17, 15) is 9.59 Å². The van der Waals surface area contributed by atoms with Gasteiger partial charge in [0.2, 0.25) is 0 Å². The fourth-order valence-corrected chi connectivity index (χ4v) is 1.25. The zero-order valence-corrected chi connectivity index (χ0v) is 12.6. The van der Waals surface area contributed by atoms with E-state index in [1.807, 2.05) is 0 Å². The van der Waals surface area contributed by atoms with Crippen LogP contribution in [0.2, 0.25) is 0 Å². The van der Waals surface area contributed by atoms with Crippen LogP contribution in [0.5, 0.6) is 0 Å². The number of rotatable bonds is 4. The molecule has 0 bridgehead atoms. The first-order chi connectivity index (χ1) is 8.32. The zero-order valence-electron chi connectivity index (χ0n) is 12.6. The highest BCUT2D eigenvalue weighted by atomic mass is 16.6. The van der Waals surface area contributed by atoms with Crippen LogP contribution in [0.15, 0.2) is 0 Å². The van der Waals surface area contributed by atoms with Crippen molar-refractivity contribution in [2.24, 2.45) is 11.5 Å². The summed E-state index contributed by atoms with van der Waals surface area (Å²) < 4.78 is 10.2. The third-order valence-electron chi connectivity index (χ3n) is 1.96. The van der Waals surface area contributed by atoms with Gasteiger partial charge in [-0.05, 0) is 41.5 Å². The van der Waals surface area contributed by atoms with Gasteiger partial charge >= 0.3 is 11.9 Å². The molecule has 4 N–H and O–H groups in total. The Balaban J connectivity index is 4.38. The molecule has 0 aliphatic heterocycles. The van der Waals surface area contributed by atoms with E-state index in [1.165, 1.54) is 0 Å². The Morgan fingerprint density at radius 1 is 0.947 bits per heavy atom. The minimum Gasteiger partial charge on any atom is -0.460 e. The van der Waals surface area contributed by atoms with Gasteiger partial charge < -0.3 is 20.9 Å². The maximum absolute atomic E-state index is 11.7. The average molecular weight is 274 g/mol. The molecular weight excluding hydrogens is 248 g/mol. The number of carbonyl (C=O) groups is 2. The number of nitrogens with two attached hydrogens (primary N) is 2. The Morgan fingerprint density at radius 2 is 1.37 bits per heavy atom. The minimum absolute atomic E-state index is 0.127. The average Bonchev–Trinajstić information content (AvgIpc) is 2.10. The lowest BCUT2D eigenvalue weighted by atomic mass is 10.1. The first kappa shape index (κ1) is 17.9. The molecule has 0 aliphatic rings. The van der Waals surface area contributed by atoms with Crippen LogP contribution in [0.1, 0.15) is 48.0 Å². The van der Waals surface area contributed by atoms with Gasteiger partial charge in [-0.25, -0.2) is 0 Å². The Bertz CT molecular complexity index is 329. The van der Waals surface area contributed by atoms with E-state index in [-0.39, 0.29) is 6.42 Å². The normalized spacial score (nSPS) is 15.6. The van der Waals surface area contributed by atoms with Crippen molar-refractivity contribution in [1.82, 2.24) is 0 Å². The second kappa shape index (κ2) is 6.34. The molecule has 112 valence electrons. The van der Waals surface area contributed by atoms with E-state index in [0.29, 0.717) is 0 Å². The molecule has 19 heavy (non-hydrogen) atoms. The molecule has 6 nitrogen and oxygen atoms in total. The molecule has 0 amide bonds. The number of ether oxygens (including phenoxy) is 2. The van der Waals surface area contributed by atoms with Gasteiger partial charge in [-0.15, -0.1) is 0 Å². The Labute approximate surface area is 114 Å². The molecule has 0 aliphatic carbocycles. The van der Waals surface area contributed by atoms with E-state index >= 15 is 0 Å². The van der Waals surface area contributed by atoms with Gasteiger partial charge in [-0.1, -0.05) is 0 Å². The van der Waals surface area contributed by atoms with E-state index in [0.717, 1.165) is 0 Å². The fraction of sp³-hybridized carbons (Fsp3) is 0.846. The topological polar surface area (TPSA) is 105 Å². The lowest BCUT2D eigenvalue weighted by molar-refractivity contribution is -0.158. The standard InChI is InChI=1S/C13H26N2O4/c1-12(2,3)18-9(16)7-8(14)10(15)11(17)19-13(4,5)6/h8,10H,7,14-15H2,1-6H3. The highest BCUT2D eigenvalue weighted by Gasteiger charge is 2.29. The van der Waals surface area contributed by atoms with Gasteiger partial charge in [0, 0.05) is 6.04 Å². The summed E-state index contributed by atoms with van der Waals surface area (Å²) in [4.78, 5) is 23.3. The van der Waals surface area contributed by atoms with Crippen LogP contribution in [0.25, 0.3) is 0 Å². The van der Waals surface area contributed by atoms with Crippen LogP contribution >= 0.6 is 0 Å². The SMILES string of the molecule is CC(C)(C)OC(=O)CC(N)C(N)C(=O)OC(C)(C)C. The van der Waals surface area contributed by atoms with E-state index in [2.05, 4.69) is 0 Å². The summed E-state index contributed by atoms with van der Waals surface area (Å²) in [6, 6.07) is -1.88. The first-order valence-corrected chi connectivity index (χ1v) is 6.28. The van der Waals surface area contributed by atoms with Crippen LogP contribution in [0, 0.1) is 0 Å². The molecule has 2 atom stereocenters. The van der Waals surface area contributed by atoms with Gasteiger partial charge in [-0.3, -0.25) is 9.59 Å². The second-order valence-corrected chi connectivity index (χ2v) is 6.51. The molecule has 0 fully saturated rings. The predicted molar refractivity (Wildman–Crippen MR) is 72.3 cm³/mol. The summed E-state index contributed by atoms with van der Waals surface area (Å²) >= 11 is 0. The van der Waals surface area contributed by atoms with Crippen molar-refractivity contribution in [1.29, 1.82) is 0 Å². The van der Waals surface area contributed by atoms with Gasteiger partial charge in [0.1, 0.15) is 17.2 Å². The van der Waals surface area contributed by atoms with Crippen LogP contribution in [-0.4, -0.2) is 35.2 Å². The molecule has 0 aromatic rings. The van der Waals surface area contributed by atoms with Gasteiger partial charge in [0.05, 0.1) is 6.42 Å². The van der Waals surface area contributed by atoms with Crippen molar-refractivity contribution in [3.63, 3.8) is 0 Å². The molecule has 2 unspecified atom stereocenters. The van der Waals surface area contributed by atoms with E-state index < -0.39 is 35.2 Å². The van der Waals surface area contributed by atoms with Crippen molar-refractivity contribution >= 4 is 11.9 Å². The van der Waals surface area contributed by atoms with Crippen LogP contribution in [-0.2, 0) is 19.1 Å². The summed E-state index contributed by atoms with van der Waals surface area (Å²) in [5.41, 5.74) is 10.2. The smallest absolute Gasteiger partial charge is 0.325 e. The number of hydrogen-bond acceptors (Lipinski definition) is 6. The summed E-state index contributed by atoms with van der Waals surface area (Å²) in [5.74, 6) is -1.11. The summed E-state index contributed by atoms with van der Waals surface area (Å²) in [6.45, 7) is 10.5. The third kappa shape index (κ3) is 8.56. The third-order valence-corrected chi connectivity index (χ3v) is 1.96. The highest BCUT2D eigenvalue weighted by molar-refractivity contribution is 5.79. The summed E-state index contributed by atoms with van der Waals surface area (Å²) in [6.07, 6.45) is -0.127. The maximum atomic E-state index is 11.7. The van der Waals surface area contributed by atoms with Gasteiger partial charge in [-0.2, -0.15) is 0 Å².